The third-order valence-corrected chi connectivity index (χ3v) is 7.00. The van der Waals surface area contributed by atoms with Gasteiger partial charge < -0.3 is 14.6 Å². The summed E-state index contributed by atoms with van der Waals surface area (Å²) in [6, 6.07) is 22.1. The predicted octanol–water partition coefficient (Wildman–Crippen LogP) is 3.77. The van der Waals surface area contributed by atoms with Crippen molar-refractivity contribution in [1.82, 2.24) is 29.4 Å². The van der Waals surface area contributed by atoms with Crippen LogP contribution in [0.3, 0.4) is 0 Å². The molecule has 196 valence electrons. The second-order valence-corrected chi connectivity index (χ2v) is 10.2. The van der Waals surface area contributed by atoms with E-state index in [1.165, 1.54) is 12.8 Å². The molecule has 1 aliphatic rings. The van der Waals surface area contributed by atoms with Gasteiger partial charge in [0.2, 0.25) is 5.88 Å². The molecule has 1 saturated carbocycles. The first-order valence-electron chi connectivity index (χ1n) is 12.6. The number of fused-ring (bicyclic) bond motifs is 2. The highest BCUT2D eigenvalue weighted by Crippen LogP contribution is 2.31. The summed E-state index contributed by atoms with van der Waals surface area (Å²) >= 11 is -2.39. The molecule has 1 fully saturated rings. The van der Waals surface area contributed by atoms with Gasteiger partial charge in [0.15, 0.2) is 5.82 Å². The van der Waals surface area contributed by atoms with E-state index in [-0.39, 0.29) is 0 Å². The van der Waals surface area contributed by atoms with Gasteiger partial charge in [-0.3, -0.25) is 8.78 Å². The molecule has 5 aromatic rings. The lowest BCUT2D eigenvalue weighted by molar-refractivity contribution is 0.282. The first kappa shape index (κ1) is 24.6. The Balaban J connectivity index is 1.41. The Morgan fingerprint density at radius 2 is 1.89 bits per heavy atom. The fourth-order valence-electron chi connectivity index (χ4n) is 4.60. The standard InChI is InChI=1S/C27H29N7O3S/c1-18-14-22-21(16-29-32-38(35)36)8-5-9-23(22)33(18)27-30-26(28-15-19-6-3-2-4-7-19)24-12-13-25(34(24)31-27)37-17-20-10-11-20/h2-9,12-14,20,29,32H,10-11,15-17H2,1H3,(H,35,36)(H,28,30,31)/p-1. The normalized spacial score (nSPS) is 14.3. The third-order valence-electron chi connectivity index (χ3n) is 6.69. The Hall–Kier alpha value is -3.77. The molecule has 11 heteroatoms. The van der Waals surface area contributed by atoms with E-state index >= 15 is 0 Å². The molecule has 1 aliphatic carbocycles. The predicted molar refractivity (Wildman–Crippen MR) is 145 cm³/mol. The van der Waals surface area contributed by atoms with Crippen molar-refractivity contribution in [1.29, 1.82) is 0 Å². The highest BCUT2D eigenvalue weighted by molar-refractivity contribution is 7.76. The van der Waals surface area contributed by atoms with E-state index in [0.717, 1.165) is 33.2 Å². The molecule has 10 nitrogen and oxygen atoms in total. The summed E-state index contributed by atoms with van der Waals surface area (Å²) < 4.78 is 31.7. The summed E-state index contributed by atoms with van der Waals surface area (Å²) in [5.41, 5.74) is 7.53. The van der Waals surface area contributed by atoms with Crippen LogP contribution in [0.1, 0.15) is 29.7 Å². The van der Waals surface area contributed by atoms with Gasteiger partial charge in [-0.05, 0) is 55.0 Å². The Kier molecular flexibility index (Phi) is 6.81. The molecule has 6 rings (SSSR count). The van der Waals surface area contributed by atoms with E-state index in [4.69, 9.17) is 14.8 Å². The number of anilines is 1. The van der Waals surface area contributed by atoms with Crippen molar-refractivity contribution in [2.75, 3.05) is 11.9 Å². The molecule has 0 amide bonds. The minimum Gasteiger partial charge on any atom is -0.759 e. The van der Waals surface area contributed by atoms with Crippen LogP contribution in [0.2, 0.25) is 0 Å². The van der Waals surface area contributed by atoms with E-state index in [1.807, 2.05) is 64.5 Å². The second kappa shape index (κ2) is 10.5. The van der Waals surface area contributed by atoms with E-state index in [1.54, 1.807) is 0 Å². The summed E-state index contributed by atoms with van der Waals surface area (Å²) in [7, 11) is 0. The number of hydrogen-bond acceptors (Lipinski definition) is 7. The van der Waals surface area contributed by atoms with Gasteiger partial charge in [-0.25, -0.2) is 5.43 Å². The summed E-state index contributed by atoms with van der Waals surface area (Å²) in [6.45, 7) is 3.64. The van der Waals surface area contributed by atoms with Crippen LogP contribution >= 0.6 is 0 Å². The van der Waals surface area contributed by atoms with Crippen LogP contribution in [0.25, 0.3) is 22.4 Å². The number of benzene rings is 2. The Morgan fingerprint density at radius 1 is 1.05 bits per heavy atom. The number of hydrazine groups is 1. The average molecular weight is 531 g/mol. The molecule has 0 saturated heterocycles. The molecule has 3 heterocycles. The topological polar surface area (TPSA) is 121 Å². The molecule has 2 aromatic carbocycles. The van der Waals surface area contributed by atoms with Crippen LogP contribution < -0.4 is 20.3 Å². The molecule has 3 N–H and O–H groups in total. The zero-order valence-corrected chi connectivity index (χ0v) is 21.7. The number of aromatic nitrogens is 4. The SMILES string of the molecule is Cc1cc2c(CNNS(=O)[O-])cccc2n1-c1nc(NCc2ccccc2)c2ccc(OCC3CC3)n2n1. The van der Waals surface area contributed by atoms with Gasteiger partial charge >= 0.3 is 0 Å². The average Bonchev–Trinajstić information content (AvgIpc) is 3.56. The van der Waals surface area contributed by atoms with E-state index in [0.29, 0.717) is 43.3 Å². The van der Waals surface area contributed by atoms with Gasteiger partial charge in [0, 0.05) is 41.5 Å². The minimum atomic E-state index is -2.39. The lowest BCUT2D eigenvalue weighted by Crippen LogP contribution is -2.32. The zero-order valence-electron chi connectivity index (χ0n) is 20.9. The number of nitrogens with zero attached hydrogens (tertiary/aromatic N) is 4. The van der Waals surface area contributed by atoms with E-state index in [2.05, 4.69) is 33.8 Å². The molecule has 38 heavy (non-hydrogen) atoms. The van der Waals surface area contributed by atoms with Crippen LogP contribution in [-0.4, -0.2) is 34.5 Å². The zero-order chi connectivity index (χ0) is 26.1. The maximum atomic E-state index is 10.9. The molecule has 1 atom stereocenters. The Labute approximate surface area is 222 Å². The number of aryl methyl sites for hydroxylation is 1. The summed E-state index contributed by atoms with van der Waals surface area (Å²) in [5, 5.41) is 9.39. The smallest absolute Gasteiger partial charge is 0.254 e. The molecular formula is C27H28N7O3S-. The quantitative estimate of drug-likeness (QED) is 0.176. The maximum Gasteiger partial charge on any atom is 0.254 e. The van der Waals surface area contributed by atoms with Crippen molar-refractivity contribution in [3.05, 3.63) is 83.6 Å². The van der Waals surface area contributed by atoms with Crippen molar-refractivity contribution < 1.29 is 13.5 Å². The maximum absolute atomic E-state index is 10.9. The van der Waals surface area contributed by atoms with E-state index < -0.39 is 11.3 Å². The summed E-state index contributed by atoms with van der Waals surface area (Å²) in [5.74, 6) is 2.53. The highest BCUT2D eigenvalue weighted by Gasteiger charge is 2.23. The van der Waals surface area contributed by atoms with Crippen LogP contribution in [0, 0.1) is 12.8 Å². The van der Waals surface area contributed by atoms with Gasteiger partial charge in [-0.2, -0.15) is 14.3 Å². The summed E-state index contributed by atoms with van der Waals surface area (Å²) in [4.78, 5) is 7.16. The lowest BCUT2D eigenvalue weighted by Gasteiger charge is -2.14. The monoisotopic (exact) mass is 530 g/mol. The van der Waals surface area contributed by atoms with E-state index in [9.17, 15) is 8.76 Å². The molecule has 0 spiro atoms. The molecular weight excluding hydrogens is 502 g/mol. The van der Waals surface area contributed by atoms with Crippen LogP contribution in [-0.2, 0) is 24.4 Å². The van der Waals surface area contributed by atoms with Gasteiger partial charge in [0.1, 0.15) is 5.52 Å². The minimum absolute atomic E-state index is 0.329. The number of hydrogen-bond donors (Lipinski definition) is 3. The Bertz CT molecular complexity index is 1610. The molecule has 1 unspecified atom stereocenters. The van der Waals surface area contributed by atoms with Gasteiger partial charge in [0.25, 0.3) is 5.95 Å². The third kappa shape index (κ3) is 5.14. The highest BCUT2D eigenvalue weighted by atomic mass is 32.2. The molecule has 0 radical (unpaired) electrons. The van der Waals surface area contributed by atoms with Crippen molar-refractivity contribution in [3.8, 4) is 11.8 Å². The summed E-state index contributed by atoms with van der Waals surface area (Å²) in [6.07, 6.45) is 2.42. The largest absolute Gasteiger partial charge is 0.759 e. The van der Waals surface area contributed by atoms with Crippen LogP contribution in [0.4, 0.5) is 5.82 Å². The fraction of sp³-hybridized carbons (Fsp3) is 0.259. The first-order valence-corrected chi connectivity index (χ1v) is 13.6. The van der Waals surface area contributed by atoms with Crippen molar-refractivity contribution >= 4 is 33.5 Å². The number of nitrogens with one attached hydrogen (secondary N) is 3. The van der Waals surface area contributed by atoms with Crippen molar-refractivity contribution in [2.45, 2.75) is 32.9 Å². The Morgan fingerprint density at radius 3 is 2.68 bits per heavy atom. The first-order chi connectivity index (χ1) is 18.6. The lowest BCUT2D eigenvalue weighted by atomic mass is 10.1. The van der Waals surface area contributed by atoms with Crippen molar-refractivity contribution in [2.24, 2.45) is 5.92 Å². The molecule has 0 bridgehead atoms. The van der Waals surface area contributed by atoms with Gasteiger partial charge in [-0.1, -0.05) is 42.5 Å². The van der Waals surface area contributed by atoms with Crippen molar-refractivity contribution in [3.63, 3.8) is 0 Å². The van der Waals surface area contributed by atoms with Crippen LogP contribution in [0.5, 0.6) is 5.88 Å². The van der Waals surface area contributed by atoms with Gasteiger partial charge in [0.05, 0.1) is 12.1 Å². The second-order valence-electron chi connectivity index (χ2n) is 9.48. The fourth-order valence-corrected chi connectivity index (χ4v) is 4.79. The molecule has 0 aliphatic heterocycles. The van der Waals surface area contributed by atoms with Crippen LogP contribution in [0.15, 0.2) is 66.7 Å². The molecule has 3 aromatic heterocycles. The van der Waals surface area contributed by atoms with Gasteiger partial charge in [-0.15, -0.1) is 5.10 Å². The number of ether oxygens (including phenoxy) is 1. The number of rotatable bonds is 11.